The minimum Gasteiger partial charge on any atom is -0.351 e. The van der Waals surface area contributed by atoms with Crippen LogP contribution in [0.15, 0.2) is 0 Å². The van der Waals surface area contributed by atoms with Gasteiger partial charge in [-0.2, -0.15) is 0 Å². The molecule has 8 nitrogen and oxygen atoms in total. The van der Waals surface area contributed by atoms with Crippen LogP contribution in [0.2, 0.25) is 0 Å². The van der Waals surface area contributed by atoms with Crippen LogP contribution < -0.4 is 5.32 Å². The van der Waals surface area contributed by atoms with E-state index in [0.717, 1.165) is 37.4 Å². The number of carbonyl (C=O) groups is 3. The van der Waals surface area contributed by atoms with Gasteiger partial charge >= 0.3 is 0 Å². The molecule has 1 saturated carbocycles. The lowest BCUT2D eigenvalue weighted by atomic mass is 9.88. The zero-order valence-electron chi connectivity index (χ0n) is 14.8. The van der Waals surface area contributed by atoms with E-state index in [0.29, 0.717) is 25.9 Å². The van der Waals surface area contributed by atoms with E-state index in [1.807, 2.05) is 0 Å². The highest BCUT2D eigenvalue weighted by molar-refractivity contribution is 8.14. The number of carbonyl (C=O) groups excluding carboxylic acids is 3. The number of amides is 3. The molecule has 0 radical (unpaired) electrons. The number of hydrogen-bond acceptors (Lipinski definition) is 6. The van der Waals surface area contributed by atoms with Crippen LogP contribution in [0.5, 0.6) is 0 Å². The van der Waals surface area contributed by atoms with Crippen molar-refractivity contribution in [2.45, 2.75) is 50.6 Å². The van der Waals surface area contributed by atoms with Crippen molar-refractivity contribution in [1.82, 2.24) is 14.5 Å². The van der Waals surface area contributed by atoms with Gasteiger partial charge in [-0.1, -0.05) is 24.6 Å². The largest absolute Gasteiger partial charge is 0.351 e. The number of rotatable bonds is 4. The predicted molar refractivity (Wildman–Crippen MR) is 98.0 cm³/mol. The molecule has 2 saturated heterocycles. The summed E-state index contributed by atoms with van der Waals surface area (Å²) in [6, 6.07) is -0.477. The normalized spacial score (nSPS) is 29.2. The first-order chi connectivity index (χ1) is 12.3. The van der Waals surface area contributed by atoms with Crippen molar-refractivity contribution in [3.63, 3.8) is 0 Å². The van der Waals surface area contributed by atoms with Crippen molar-refractivity contribution in [2.24, 2.45) is 5.92 Å². The van der Waals surface area contributed by atoms with E-state index in [-0.39, 0.29) is 40.8 Å². The van der Waals surface area contributed by atoms with Crippen LogP contribution in [-0.2, 0) is 19.6 Å². The van der Waals surface area contributed by atoms with E-state index in [2.05, 4.69) is 5.32 Å². The van der Waals surface area contributed by atoms with E-state index in [4.69, 9.17) is 0 Å². The molecule has 0 aromatic rings. The molecule has 2 atom stereocenters. The quantitative estimate of drug-likeness (QED) is 0.744. The Morgan fingerprint density at radius 3 is 2.35 bits per heavy atom. The van der Waals surface area contributed by atoms with Gasteiger partial charge in [0.25, 0.3) is 5.24 Å². The summed E-state index contributed by atoms with van der Waals surface area (Å²) in [6.45, 7) is 0.704. The Hall–Kier alpha value is -1.13. The number of piperidine rings is 1. The lowest BCUT2D eigenvalue weighted by Gasteiger charge is -2.38. The van der Waals surface area contributed by atoms with Crippen LogP contribution in [0, 0.1) is 5.92 Å². The molecule has 1 N–H and O–H groups in total. The van der Waals surface area contributed by atoms with Gasteiger partial charge in [0.15, 0.2) is 0 Å². The molecule has 3 rings (SSSR count). The fraction of sp³-hybridized carbons (Fsp3) is 0.812. The van der Waals surface area contributed by atoms with Gasteiger partial charge in [0.2, 0.25) is 21.8 Å². The Bertz CT molecular complexity index is 672. The third-order valence-corrected chi connectivity index (χ3v) is 7.61. The van der Waals surface area contributed by atoms with Gasteiger partial charge < -0.3 is 5.32 Å². The maximum absolute atomic E-state index is 12.7. The summed E-state index contributed by atoms with van der Waals surface area (Å²) in [4.78, 5) is 38.1. The van der Waals surface area contributed by atoms with Crippen molar-refractivity contribution in [2.75, 3.05) is 25.1 Å². The highest BCUT2D eigenvalue weighted by Crippen LogP contribution is 2.30. The van der Waals surface area contributed by atoms with Gasteiger partial charge in [0, 0.05) is 25.0 Å². The van der Waals surface area contributed by atoms with Crippen molar-refractivity contribution in [3.8, 4) is 0 Å². The monoisotopic (exact) mass is 403 g/mol. The second-order valence-electron chi connectivity index (χ2n) is 7.22. The van der Waals surface area contributed by atoms with Crippen molar-refractivity contribution < 1.29 is 22.8 Å². The number of nitrogens with one attached hydrogen (secondary N) is 1. The SMILES string of the molecule is CS(=O)(=O)N1CCC(C(=O)N[C@@H]2CCCC[C@H]2N2C(=O)CSC2=O)CC1. The summed E-state index contributed by atoms with van der Waals surface area (Å²) in [6.07, 6.45) is 5.53. The molecule has 1 aliphatic carbocycles. The van der Waals surface area contributed by atoms with E-state index < -0.39 is 10.0 Å². The first-order valence-corrected chi connectivity index (χ1v) is 11.8. The molecular weight excluding hydrogens is 378 g/mol. The van der Waals surface area contributed by atoms with Crippen LogP contribution in [0.25, 0.3) is 0 Å². The van der Waals surface area contributed by atoms with Gasteiger partial charge in [-0.3, -0.25) is 19.3 Å². The maximum Gasteiger partial charge on any atom is 0.289 e. The highest BCUT2D eigenvalue weighted by Gasteiger charge is 2.41. The van der Waals surface area contributed by atoms with E-state index >= 15 is 0 Å². The second-order valence-corrected chi connectivity index (χ2v) is 10.1. The molecule has 0 aromatic heterocycles. The molecule has 0 bridgehead atoms. The van der Waals surface area contributed by atoms with Gasteiger partial charge in [-0.15, -0.1) is 0 Å². The van der Waals surface area contributed by atoms with Crippen molar-refractivity contribution in [1.29, 1.82) is 0 Å². The number of sulfonamides is 1. The zero-order chi connectivity index (χ0) is 18.9. The predicted octanol–water partition coefficient (Wildman–Crippen LogP) is 0.781. The average molecular weight is 404 g/mol. The minimum absolute atomic E-state index is 0.0956. The lowest BCUT2D eigenvalue weighted by Crippen LogP contribution is -2.56. The fourth-order valence-electron chi connectivity index (χ4n) is 4.02. The van der Waals surface area contributed by atoms with E-state index in [9.17, 15) is 22.8 Å². The molecule has 3 aliphatic rings. The summed E-state index contributed by atoms with van der Waals surface area (Å²) in [5.74, 6) is -0.315. The molecule has 0 spiro atoms. The molecule has 3 amide bonds. The van der Waals surface area contributed by atoms with Gasteiger partial charge in [-0.05, 0) is 25.7 Å². The fourth-order valence-corrected chi connectivity index (χ4v) is 5.66. The van der Waals surface area contributed by atoms with Crippen LogP contribution in [-0.4, -0.2) is 71.9 Å². The molecule has 2 heterocycles. The van der Waals surface area contributed by atoms with Crippen LogP contribution in [0.3, 0.4) is 0 Å². The van der Waals surface area contributed by atoms with Gasteiger partial charge in [0.1, 0.15) is 0 Å². The molecular formula is C16H25N3O5S2. The molecule has 3 fully saturated rings. The highest BCUT2D eigenvalue weighted by atomic mass is 32.2. The van der Waals surface area contributed by atoms with Crippen LogP contribution in [0.1, 0.15) is 38.5 Å². The summed E-state index contributed by atoms with van der Waals surface area (Å²) in [5.41, 5.74) is 0. The molecule has 0 unspecified atom stereocenters. The van der Waals surface area contributed by atoms with Crippen molar-refractivity contribution in [3.05, 3.63) is 0 Å². The average Bonchev–Trinajstić information content (AvgIpc) is 2.93. The number of hydrogen-bond donors (Lipinski definition) is 1. The topological polar surface area (TPSA) is 104 Å². The van der Waals surface area contributed by atoms with Gasteiger partial charge in [-0.25, -0.2) is 12.7 Å². The molecule has 10 heteroatoms. The summed E-state index contributed by atoms with van der Waals surface area (Å²) >= 11 is 1.02. The Morgan fingerprint density at radius 2 is 1.77 bits per heavy atom. The number of nitrogens with zero attached hydrogens (tertiary/aromatic N) is 2. The van der Waals surface area contributed by atoms with Crippen molar-refractivity contribution >= 4 is 38.8 Å². The smallest absolute Gasteiger partial charge is 0.289 e. The third kappa shape index (κ3) is 4.23. The third-order valence-electron chi connectivity index (χ3n) is 5.47. The molecule has 146 valence electrons. The minimum atomic E-state index is -3.22. The molecule has 2 aliphatic heterocycles. The maximum atomic E-state index is 12.7. The summed E-state index contributed by atoms with van der Waals surface area (Å²) in [7, 11) is -3.22. The first kappa shape index (κ1) is 19.6. The Balaban J connectivity index is 1.61. The Labute approximate surface area is 158 Å². The Morgan fingerprint density at radius 1 is 1.12 bits per heavy atom. The number of imide groups is 1. The first-order valence-electron chi connectivity index (χ1n) is 9.01. The van der Waals surface area contributed by atoms with Crippen LogP contribution >= 0.6 is 11.8 Å². The lowest BCUT2D eigenvalue weighted by molar-refractivity contribution is -0.131. The summed E-state index contributed by atoms with van der Waals surface area (Å²) in [5, 5.41) is 2.83. The molecule has 0 aromatic carbocycles. The van der Waals surface area contributed by atoms with E-state index in [1.54, 1.807) is 0 Å². The van der Waals surface area contributed by atoms with Crippen LogP contribution in [0.4, 0.5) is 4.79 Å². The van der Waals surface area contributed by atoms with E-state index in [1.165, 1.54) is 15.5 Å². The standard InChI is InChI=1S/C16H25N3O5S2/c1-26(23,24)18-8-6-11(7-9-18)15(21)17-12-4-2-3-5-13(12)19-14(20)10-25-16(19)22/h11-13H,2-10H2,1H3,(H,17,21)/t12-,13-/m1/s1. The Kier molecular flexibility index (Phi) is 5.93. The zero-order valence-corrected chi connectivity index (χ0v) is 16.5. The summed E-state index contributed by atoms with van der Waals surface area (Å²) < 4.78 is 24.6. The van der Waals surface area contributed by atoms with Gasteiger partial charge in [0.05, 0.1) is 18.1 Å². The molecule has 26 heavy (non-hydrogen) atoms. The second kappa shape index (κ2) is 7.85. The number of thioether (sulfide) groups is 1.